The number of allylic oxidation sites excluding steroid dienone is 1. The molecular weight excluding hydrogens is 416 g/mol. The number of amides is 2. The van der Waals surface area contributed by atoms with Crippen LogP contribution in [0, 0.1) is 5.92 Å². The molecule has 9 heteroatoms. The molecule has 2 fully saturated rings. The summed E-state index contributed by atoms with van der Waals surface area (Å²) in [6, 6.07) is -0.351. The Morgan fingerprint density at radius 1 is 1.35 bits per heavy atom. The molecule has 3 aliphatic rings. The van der Waals surface area contributed by atoms with E-state index in [1.54, 1.807) is 11.0 Å². The van der Waals surface area contributed by atoms with Crippen LogP contribution in [0.3, 0.4) is 0 Å². The summed E-state index contributed by atoms with van der Waals surface area (Å²) >= 11 is 0. The van der Waals surface area contributed by atoms with Crippen molar-refractivity contribution in [3.63, 3.8) is 0 Å². The number of carboxylic acid groups (broad SMARTS) is 1. The van der Waals surface area contributed by atoms with Crippen LogP contribution in [-0.4, -0.2) is 72.5 Å². The molecule has 31 heavy (non-hydrogen) atoms. The summed E-state index contributed by atoms with van der Waals surface area (Å²) in [6.45, 7) is 12.4. The second-order valence-electron chi connectivity index (χ2n) is 9.25. The lowest BCUT2D eigenvalue weighted by Crippen LogP contribution is -2.63. The SMILES string of the molecule is C=CCOC(=O)N1CCC[C@H]1/C=C/C1=C(C(=O)O)N2C(=O)[C@H]([C@@H](C)O[Si](C)(C)C)[C@H]2C1. The zero-order valence-corrected chi connectivity index (χ0v) is 19.7. The summed E-state index contributed by atoms with van der Waals surface area (Å²) in [4.78, 5) is 40.0. The quantitative estimate of drug-likeness (QED) is 0.348. The number of rotatable bonds is 8. The molecule has 0 aromatic heterocycles. The van der Waals surface area contributed by atoms with Gasteiger partial charge in [-0.15, -0.1) is 0 Å². The van der Waals surface area contributed by atoms with Gasteiger partial charge >= 0.3 is 12.1 Å². The van der Waals surface area contributed by atoms with Crippen LogP contribution >= 0.6 is 0 Å². The second kappa shape index (κ2) is 9.00. The number of carbonyl (C=O) groups excluding carboxylic acids is 2. The van der Waals surface area contributed by atoms with Gasteiger partial charge in [0.25, 0.3) is 0 Å². The van der Waals surface area contributed by atoms with Gasteiger partial charge in [-0.3, -0.25) is 4.79 Å². The summed E-state index contributed by atoms with van der Waals surface area (Å²) in [7, 11) is -1.83. The maximum Gasteiger partial charge on any atom is 0.410 e. The van der Waals surface area contributed by atoms with Crippen LogP contribution < -0.4 is 0 Å². The highest BCUT2D eigenvalue weighted by Gasteiger charge is 2.57. The van der Waals surface area contributed by atoms with Crippen molar-refractivity contribution < 1.29 is 28.7 Å². The Kier molecular flexibility index (Phi) is 6.75. The summed E-state index contributed by atoms with van der Waals surface area (Å²) in [5, 5.41) is 9.76. The number of hydrogen-bond acceptors (Lipinski definition) is 5. The molecule has 3 aliphatic heterocycles. The lowest BCUT2D eigenvalue weighted by atomic mass is 9.83. The minimum absolute atomic E-state index is 0.0430. The van der Waals surface area contributed by atoms with Crippen molar-refractivity contribution in [2.75, 3.05) is 13.2 Å². The van der Waals surface area contributed by atoms with Gasteiger partial charge in [-0.25, -0.2) is 9.59 Å². The first-order valence-electron chi connectivity index (χ1n) is 10.7. The van der Waals surface area contributed by atoms with Crippen LogP contribution in [0.15, 0.2) is 36.1 Å². The van der Waals surface area contributed by atoms with Crippen LogP contribution in [-0.2, 0) is 18.8 Å². The Morgan fingerprint density at radius 3 is 2.68 bits per heavy atom. The topological polar surface area (TPSA) is 96.4 Å². The van der Waals surface area contributed by atoms with Gasteiger partial charge in [0.2, 0.25) is 5.91 Å². The van der Waals surface area contributed by atoms with Gasteiger partial charge < -0.3 is 24.1 Å². The minimum Gasteiger partial charge on any atom is -0.477 e. The maximum atomic E-state index is 12.8. The van der Waals surface area contributed by atoms with Crippen molar-refractivity contribution in [2.24, 2.45) is 5.92 Å². The molecule has 3 rings (SSSR count). The van der Waals surface area contributed by atoms with Gasteiger partial charge in [0.05, 0.1) is 24.1 Å². The number of aliphatic carboxylic acids is 1. The van der Waals surface area contributed by atoms with Gasteiger partial charge in [-0.05, 0) is 51.4 Å². The van der Waals surface area contributed by atoms with Gasteiger partial charge in [0.1, 0.15) is 12.3 Å². The summed E-state index contributed by atoms with van der Waals surface area (Å²) in [5.41, 5.74) is 0.654. The Hall–Kier alpha value is -2.39. The zero-order chi connectivity index (χ0) is 22.9. The molecule has 0 spiro atoms. The average molecular weight is 449 g/mol. The Labute approximate surface area is 184 Å². The number of carbonyl (C=O) groups is 3. The highest BCUT2D eigenvalue weighted by molar-refractivity contribution is 6.69. The Bertz CT molecular complexity index is 830. The van der Waals surface area contributed by atoms with E-state index in [0.717, 1.165) is 12.8 Å². The van der Waals surface area contributed by atoms with Crippen LogP contribution in [0.25, 0.3) is 0 Å². The van der Waals surface area contributed by atoms with E-state index in [2.05, 4.69) is 26.2 Å². The van der Waals surface area contributed by atoms with Gasteiger partial charge in [0, 0.05) is 6.54 Å². The fourth-order valence-electron chi connectivity index (χ4n) is 4.73. The molecule has 0 aromatic carbocycles. The lowest BCUT2D eigenvalue weighted by Gasteiger charge is -2.47. The molecule has 4 atom stereocenters. The third-order valence-electron chi connectivity index (χ3n) is 5.87. The van der Waals surface area contributed by atoms with Crippen LogP contribution in [0.2, 0.25) is 19.6 Å². The van der Waals surface area contributed by atoms with E-state index in [1.807, 2.05) is 13.0 Å². The number of hydrogen-bond donors (Lipinski definition) is 1. The van der Waals surface area contributed by atoms with E-state index < -0.39 is 20.4 Å². The molecule has 0 saturated carbocycles. The predicted octanol–water partition coefficient (Wildman–Crippen LogP) is 3.14. The average Bonchev–Trinajstić information content (AvgIpc) is 3.25. The van der Waals surface area contributed by atoms with Crippen molar-refractivity contribution >= 4 is 26.3 Å². The largest absolute Gasteiger partial charge is 0.477 e. The van der Waals surface area contributed by atoms with E-state index in [9.17, 15) is 19.5 Å². The highest BCUT2D eigenvalue weighted by Crippen LogP contribution is 2.45. The molecule has 3 heterocycles. The van der Waals surface area contributed by atoms with Crippen molar-refractivity contribution in [3.8, 4) is 0 Å². The molecule has 0 aliphatic carbocycles. The van der Waals surface area contributed by atoms with Crippen LogP contribution in [0.1, 0.15) is 26.2 Å². The highest BCUT2D eigenvalue weighted by atomic mass is 28.4. The summed E-state index contributed by atoms with van der Waals surface area (Å²) < 4.78 is 11.2. The number of nitrogens with zero attached hydrogens (tertiary/aromatic N) is 2. The van der Waals surface area contributed by atoms with Crippen molar-refractivity contribution in [1.82, 2.24) is 9.80 Å². The normalized spacial score (nSPS) is 26.8. The molecule has 170 valence electrons. The number of carboxylic acids is 1. The van der Waals surface area contributed by atoms with Gasteiger partial charge in [-0.1, -0.05) is 24.8 Å². The fourth-order valence-corrected chi connectivity index (χ4v) is 5.99. The monoisotopic (exact) mass is 448 g/mol. The van der Waals surface area contributed by atoms with Crippen LogP contribution in [0.5, 0.6) is 0 Å². The molecule has 0 radical (unpaired) electrons. The van der Waals surface area contributed by atoms with Crippen molar-refractivity contribution in [1.29, 1.82) is 0 Å². The Balaban J connectivity index is 1.74. The number of β-lactam (4-membered cyclic amide) rings is 1. The maximum absolute atomic E-state index is 12.8. The van der Waals surface area contributed by atoms with E-state index in [-0.39, 0.29) is 42.3 Å². The number of fused-ring (bicyclic) bond motifs is 1. The van der Waals surface area contributed by atoms with E-state index in [4.69, 9.17) is 9.16 Å². The van der Waals surface area contributed by atoms with Crippen molar-refractivity contribution in [3.05, 3.63) is 36.1 Å². The molecule has 1 N–H and O–H groups in total. The number of likely N-dealkylation sites (tertiary alicyclic amines) is 1. The molecule has 2 amide bonds. The predicted molar refractivity (Wildman–Crippen MR) is 118 cm³/mol. The van der Waals surface area contributed by atoms with E-state index in [1.165, 1.54) is 11.0 Å². The fraction of sp³-hybridized carbons (Fsp3) is 0.591. The summed E-state index contributed by atoms with van der Waals surface area (Å²) in [6.07, 6.45) is 6.60. The van der Waals surface area contributed by atoms with Gasteiger partial charge in [0.15, 0.2) is 8.32 Å². The number of ether oxygens (including phenoxy) is 1. The minimum atomic E-state index is -1.83. The summed E-state index contributed by atoms with van der Waals surface area (Å²) in [5.74, 6) is -1.63. The zero-order valence-electron chi connectivity index (χ0n) is 18.7. The molecule has 0 aromatic rings. The third-order valence-corrected chi connectivity index (χ3v) is 6.95. The van der Waals surface area contributed by atoms with Gasteiger partial charge in [-0.2, -0.15) is 0 Å². The van der Waals surface area contributed by atoms with Crippen molar-refractivity contribution in [2.45, 2.75) is 64.0 Å². The lowest BCUT2D eigenvalue weighted by molar-refractivity contribution is -0.160. The molecule has 8 nitrogen and oxygen atoms in total. The second-order valence-corrected chi connectivity index (χ2v) is 13.7. The molecular formula is C22H32N2O6Si. The third kappa shape index (κ3) is 4.77. The first-order chi connectivity index (χ1) is 14.5. The molecule has 2 saturated heterocycles. The molecule has 0 unspecified atom stereocenters. The smallest absolute Gasteiger partial charge is 0.410 e. The standard InChI is InChI=1S/C22H32N2O6Si/c1-6-12-29-22(28)23-11-7-8-16(23)10-9-15-13-17-18(14(2)30-31(3,4)5)20(25)24(17)19(15)21(26)27/h6,9-10,14,16-18H,1,7-8,11-13H2,2-5H3,(H,26,27)/b10-9+/t14-,16+,17-,18-/m1/s1. The van der Waals surface area contributed by atoms with Crippen LogP contribution in [0.4, 0.5) is 4.79 Å². The first kappa shape index (κ1) is 23.3. The first-order valence-corrected chi connectivity index (χ1v) is 14.2. The Morgan fingerprint density at radius 2 is 2.06 bits per heavy atom. The molecule has 0 bridgehead atoms. The van der Waals surface area contributed by atoms with E-state index >= 15 is 0 Å². The van der Waals surface area contributed by atoms with E-state index in [0.29, 0.717) is 18.5 Å².